The summed E-state index contributed by atoms with van der Waals surface area (Å²) in [6, 6.07) is 8.23. The highest BCUT2D eigenvalue weighted by Gasteiger charge is 2.54. The first-order chi connectivity index (χ1) is 15.2. The van der Waals surface area contributed by atoms with Gasteiger partial charge in [0, 0.05) is 16.5 Å². The average molecular weight is 483 g/mol. The lowest BCUT2D eigenvalue weighted by Crippen LogP contribution is -2.37. The van der Waals surface area contributed by atoms with Crippen LogP contribution in [0.4, 0.5) is 8.78 Å². The molecule has 5 rings (SSSR count). The molecule has 11 heteroatoms. The summed E-state index contributed by atoms with van der Waals surface area (Å²) in [6.07, 6.45) is 0.157. The van der Waals surface area contributed by atoms with Crippen molar-refractivity contribution in [2.75, 3.05) is 6.61 Å². The first-order valence-electron chi connectivity index (χ1n) is 9.89. The van der Waals surface area contributed by atoms with Crippen LogP contribution in [0, 0.1) is 0 Å². The third-order valence-electron chi connectivity index (χ3n) is 5.90. The van der Waals surface area contributed by atoms with Crippen molar-refractivity contribution in [1.82, 2.24) is 9.55 Å². The Kier molecular flexibility index (Phi) is 4.90. The zero-order chi connectivity index (χ0) is 22.8. The molecule has 168 valence electrons. The third-order valence-corrected chi connectivity index (χ3v) is 8.29. The van der Waals surface area contributed by atoms with Crippen LogP contribution in [0.1, 0.15) is 36.7 Å². The molecule has 3 aromatic rings. The molecule has 2 aromatic carbocycles. The normalized spacial score (nSPS) is 23.0. The minimum atomic E-state index is -4.30. The molecule has 0 radical (unpaired) electrons. The summed E-state index contributed by atoms with van der Waals surface area (Å²) in [7, 11) is -4.30. The van der Waals surface area contributed by atoms with E-state index in [1.54, 1.807) is 29.7 Å². The standard InChI is InChI=1S/C21H17ClF2N2O5S/c1-2-30-20(27)18-11-9-14(26-13-8-10(22)6-7-12(13)25-19(11)26)17-15(31-21(23)24)4-3-5-16(17)32(18,28)29/h3-8,11,14,18,21H,2,9H2,1H3/t11-,14-,18-/m1/s1. The average Bonchev–Trinajstić information content (AvgIpc) is 3.22. The van der Waals surface area contributed by atoms with Gasteiger partial charge in [-0.25, -0.2) is 13.4 Å². The van der Waals surface area contributed by atoms with Gasteiger partial charge < -0.3 is 14.0 Å². The highest BCUT2D eigenvalue weighted by atomic mass is 35.5. The first kappa shape index (κ1) is 21.1. The van der Waals surface area contributed by atoms with Crippen LogP contribution in [0.15, 0.2) is 41.3 Å². The number of aromatic nitrogens is 2. The molecule has 2 bridgehead atoms. The van der Waals surface area contributed by atoms with Crippen LogP contribution in [0.2, 0.25) is 5.02 Å². The van der Waals surface area contributed by atoms with Gasteiger partial charge in [-0.05, 0) is 43.7 Å². The Balaban J connectivity index is 1.86. The highest BCUT2D eigenvalue weighted by Crippen LogP contribution is 2.53. The summed E-state index contributed by atoms with van der Waals surface area (Å²) in [6.45, 7) is -1.58. The summed E-state index contributed by atoms with van der Waals surface area (Å²) in [5.74, 6) is -1.62. The van der Waals surface area contributed by atoms with Crippen molar-refractivity contribution in [3.63, 3.8) is 0 Å². The largest absolute Gasteiger partial charge is 0.465 e. The fourth-order valence-electron chi connectivity index (χ4n) is 4.80. The molecule has 0 fully saturated rings. The van der Waals surface area contributed by atoms with Gasteiger partial charge in [0.05, 0.1) is 28.6 Å². The van der Waals surface area contributed by atoms with E-state index in [1.807, 2.05) is 0 Å². The highest BCUT2D eigenvalue weighted by molar-refractivity contribution is 7.93. The van der Waals surface area contributed by atoms with Crippen molar-refractivity contribution >= 4 is 38.4 Å². The molecule has 0 aliphatic carbocycles. The number of hydrogen-bond donors (Lipinski definition) is 0. The Morgan fingerprint density at radius 1 is 1.31 bits per heavy atom. The van der Waals surface area contributed by atoms with Crippen LogP contribution in [-0.2, 0) is 19.4 Å². The van der Waals surface area contributed by atoms with E-state index in [9.17, 15) is 22.0 Å². The number of esters is 1. The predicted octanol–water partition coefficient (Wildman–Crippen LogP) is 4.09. The van der Waals surface area contributed by atoms with Crippen molar-refractivity contribution in [3.8, 4) is 5.75 Å². The van der Waals surface area contributed by atoms with Crippen molar-refractivity contribution in [2.45, 2.75) is 42.1 Å². The van der Waals surface area contributed by atoms with Gasteiger partial charge in [-0.1, -0.05) is 17.7 Å². The zero-order valence-corrected chi connectivity index (χ0v) is 18.2. The number of ether oxygens (including phenoxy) is 2. The predicted molar refractivity (Wildman–Crippen MR) is 111 cm³/mol. The van der Waals surface area contributed by atoms with E-state index in [0.29, 0.717) is 21.9 Å². The monoisotopic (exact) mass is 482 g/mol. The van der Waals surface area contributed by atoms with Crippen LogP contribution < -0.4 is 4.74 Å². The third kappa shape index (κ3) is 3.00. The number of imidazole rings is 1. The number of sulfone groups is 1. The van der Waals surface area contributed by atoms with Gasteiger partial charge >= 0.3 is 12.6 Å². The van der Waals surface area contributed by atoms with Crippen molar-refractivity contribution < 1.29 is 31.5 Å². The second-order valence-corrected chi connectivity index (χ2v) is 10.1. The Labute approximate surface area is 186 Å². The molecule has 0 saturated heterocycles. The zero-order valence-electron chi connectivity index (χ0n) is 16.7. The maximum Gasteiger partial charge on any atom is 0.387 e. The second kappa shape index (κ2) is 7.41. The van der Waals surface area contributed by atoms with Gasteiger partial charge in [-0.3, -0.25) is 4.79 Å². The minimum absolute atomic E-state index is 0.00554. The van der Waals surface area contributed by atoms with Gasteiger partial charge in [0.1, 0.15) is 11.6 Å². The van der Waals surface area contributed by atoms with Gasteiger partial charge in [0.25, 0.3) is 0 Å². The maximum absolute atomic E-state index is 13.6. The fourth-order valence-corrected chi connectivity index (χ4v) is 7.04. The molecule has 32 heavy (non-hydrogen) atoms. The quantitative estimate of drug-likeness (QED) is 0.521. The van der Waals surface area contributed by atoms with E-state index >= 15 is 0 Å². The smallest absolute Gasteiger partial charge is 0.387 e. The van der Waals surface area contributed by atoms with E-state index < -0.39 is 39.6 Å². The van der Waals surface area contributed by atoms with Crippen LogP contribution in [0.25, 0.3) is 11.0 Å². The Hall–Kier alpha value is -2.72. The summed E-state index contributed by atoms with van der Waals surface area (Å²) >= 11 is 6.18. The summed E-state index contributed by atoms with van der Waals surface area (Å²) in [5, 5.41) is -1.13. The maximum atomic E-state index is 13.6. The molecule has 0 N–H and O–H groups in total. The SMILES string of the molecule is CCOC(=O)[C@H]1[C@H]2C[C@H](c3c(OC(F)F)cccc3S1(=O)=O)n1c2nc2ccc(Cl)cc21. The van der Waals surface area contributed by atoms with Crippen LogP contribution in [0.3, 0.4) is 0 Å². The number of fused-ring (bicyclic) bond motifs is 9. The lowest BCUT2D eigenvalue weighted by molar-refractivity contribution is -0.143. The van der Waals surface area contributed by atoms with E-state index in [-0.39, 0.29) is 29.2 Å². The van der Waals surface area contributed by atoms with Crippen LogP contribution >= 0.6 is 11.6 Å². The Bertz CT molecular complexity index is 1360. The van der Waals surface area contributed by atoms with Gasteiger partial charge in [0.2, 0.25) is 0 Å². The fraction of sp³-hybridized carbons (Fsp3) is 0.333. The molecular formula is C21H17ClF2N2O5S. The molecule has 3 atom stereocenters. The topological polar surface area (TPSA) is 87.5 Å². The summed E-state index contributed by atoms with van der Waals surface area (Å²) < 4.78 is 65.3. The number of carbonyl (C=O) groups excluding carboxylic acids is 1. The molecule has 1 aromatic heterocycles. The number of rotatable bonds is 4. The molecule has 3 heterocycles. The lowest BCUT2D eigenvalue weighted by Gasteiger charge is -2.24. The number of carbonyl (C=O) groups is 1. The van der Waals surface area contributed by atoms with Crippen molar-refractivity contribution in [3.05, 3.63) is 52.8 Å². The number of halogens is 3. The van der Waals surface area contributed by atoms with Crippen LogP contribution in [0.5, 0.6) is 5.75 Å². The van der Waals surface area contributed by atoms with Crippen molar-refractivity contribution in [2.24, 2.45) is 0 Å². The molecule has 0 spiro atoms. The van der Waals surface area contributed by atoms with E-state index in [2.05, 4.69) is 4.98 Å². The van der Waals surface area contributed by atoms with E-state index in [1.165, 1.54) is 18.2 Å². The van der Waals surface area contributed by atoms with Crippen molar-refractivity contribution in [1.29, 1.82) is 0 Å². The van der Waals surface area contributed by atoms with Gasteiger partial charge in [0.15, 0.2) is 15.1 Å². The second-order valence-electron chi connectivity index (χ2n) is 7.60. The van der Waals surface area contributed by atoms with Gasteiger partial charge in [-0.2, -0.15) is 8.78 Å². The number of benzene rings is 2. The number of nitrogens with zero attached hydrogens (tertiary/aromatic N) is 2. The molecular weight excluding hydrogens is 466 g/mol. The van der Waals surface area contributed by atoms with Crippen LogP contribution in [-0.4, -0.2) is 42.4 Å². The summed E-state index contributed by atoms with van der Waals surface area (Å²) in [5.41, 5.74) is 1.23. The molecule has 0 amide bonds. The molecule has 2 aliphatic heterocycles. The molecule has 0 saturated carbocycles. The molecule has 2 aliphatic rings. The number of hydrogen-bond acceptors (Lipinski definition) is 6. The van der Waals surface area contributed by atoms with E-state index in [4.69, 9.17) is 21.1 Å². The van der Waals surface area contributed by atoms with Gasteiger partial charge in [-0.15, -0.1) is 0 Å². The Morgan fingerprint density at radius 2 is 2.09 bits per heavy atom. The molecule has 7 nitrogen and oxygen atoms in total. The first-order valence-corrected chi connectivity index (χ1v) is 11.8. The Morgan fingerprint density at radius 3 is 2.81 bits per heavy atom. The molecule has 0 unspecified atom stereocenters. The number of alkyl halides is 2. The lowest BCUT2D eigenvalue weighted by atomic mass is 9.95. The van der Waals surface area contributed by atoms with E-state index in [0.717, 1.165) is 0 Å². The summed E-state index contributed by atoms with van der Waals surface area (Å²) in [4.78, 5) is 17.3. The minimum Gasteiger partial charge on any atom is -0.465 e.